The summed E-state index contributed by atoms with van der Waals surface area (Å²) in [6.07, 6.45) is 1.44. The summed E-state index contributed by atoms with van der Waals surface area (Å²) in [6.45, 7) is 0. The van der Waals surface area contributed by atoms with Gasteiger partial charge in [0.05, 0.1) is 4.47 Å². The molecule has 3 nitrogen and oxygen atoms in total. The minimum atomic E-state index is -0.468. The first-order valence-electron chi connectivity index (χ1n) is 4.27. The lowest BCUT2D eigenvalue weighted by Gasteiger charge is -2.06. The number of hydrogen-bond donors (Lipinski definition) is 0. The second-order valence-corrected chi connectivity index (χ2v) is 4.02. The van der Waals surface area contributed by atoms with Crippen LogP contribution in [0, 0.1) is 5.82 Å². The molecule has 2 aromatic rings. The van der Waals surface area contributed by atoms with E-state index in [2.05, 4.69) is 25.9 Å². The summed E-state index contributed by atoms with van der Waals surface area (Å²) >= 11 is 8.79. The van der Waals surface area contributed by atoms with E-state index in [9.17, 15) is 4.39 Å². The van der Waals surface area contributed by atoms with Crippen LogP contribution in [0.5, 0.6) is 11.6 Å². The Labute approximate surface area is 104 Å². The highest BCUT2D eigenvalue weighted by Gasteiger charge is 2.09. The lowest BCUT2D eigenvalue weighted by molar-refractivity contribution is 0.424. The summed E-state index contributed by atoms with van der Waals surface area (Å²) in [5.41, 5.74) is 0. The zero-order valence-corrected chi connectivity index (χ0v) is 10.2. The van der Waals surface area contributed by atoms with Crippen molar-refractivity contribution in [2.75, 3.05) is 0 Å². The van der Waals surface area contributed by atoms with Crippen LogP contribution < -0.4 is 4.74 Å². The van der Waals surface area contributed by atoms with E-state index < -0.39 is 5.82 Å². The van der Waals surface area contributed by atoms with E-state index >= 15 is 0 Å². The van der Waals surface area contributed by atoms with Crippen molar-refractivity contribution >= 4 is 27.5 Å². The molecule has 82 valence electrons. The molecule has 0 N–H and O–H groups in total. The topological polar surface area (TPSA) is 35.0 Å². The molecule has 2 rings (SSSR count). The molecular formula is C10H5BrClFN2O. The average Bonchev–Trinajstić information content (AvgIpc) is 2.27. The highest BCUT2D eigenvalue weighted by atomic mass is 79.9. The van der Waals surface area contributed by atoms with Gasteiger partial charge in [-0.15, -0.1) is 0 Å². The van der Waals surface area contributed by atoms with Crippen molar-refractivity contribution in [2.24, 2.45) is 0 Å². The van der Waals surface area contributed by atoms with Crippen LogP contribution in [0.25, 0.3) is 0 Å². The molecular weight excluding hydrogens is 298 g/mol. The Morgan fingerprint density at radius 2 is 2.06 bits per heavy atom. The SMILES string of the molecule is Fc1ccccc1Oc1nc(Cl)ncc1Br. The fraction of sp³-hybridized carbons (Fsp3) is 0. The van der Waals surface area contributed by atoms with E-state index in [1.54, 1.807) is 12.1 Å². The van der Waals surface area contributed by atoms with Crippen LogP contribution >= 0.6 is 27.5 Å². The molecule has 0 amide bonds. The molecule has 1 heterocycles. The van der Waals surface area contributed by atoms with Crippen molar-refractivity contribution in [2.45, 2.75) is 0 Å². The van der Waals surface area contributed by atoms with E-state index in [1.165, 1.54) is 18.3 Å². The second kappa shape index (κ2) is 4.76. The number of aromatic nitrogens is 2. The summed E-state index contributed by atoms with van der Waals surface area (Å²) in [4.78, 5) is 7.56. The standard InChI is InChI=1S/C10H5BrClFN2O/c11-6-5-14-10(12)15-9(6)16-8-4-2-1-3-7(8)13/h1-5H. The molecule has 0 bridgehead atoms. The third-order valence-electron chi connectivity index (χ3n) is 1.73. The van der Waals surface area contributed by atoms with Crippen LogP contribution in [0.1, 0.15) is 0 Å². The van der Waals surface area contributed by atoms with Gasteiger partial charge >= 0.3 is 0 Å². The van der Waals surface area contributed by atoms with Crippen LogP contribution in [-0.4, -0.2) is 9.97 Å². The third kappa shape index (κ3) is 2.48. The normalized spacial score (nSPS) is 10.2. The maximum absolute atomic E-state index is 13.3. The van der Waals surface area contributed by atoms with Gasteiger partial charge in [0.15, 0.2) is 11.6 Å². The van der Waals surface area contributed by atoms with Crippen molar-refractivity contribution in [1.82, 2.24) is 9.97 Å². The summed E-state index contributed by atoms with van der Waals surface area (Å²) < 4.78 is 19.1. The number of halogens is 3. The van der Waals surface area contributed by atoms with E-state index in [0.29, 0.717) is 4.47 Å². The maximum Gasteiger partial charge on any atom is 0.238 e. The van der Waals surface area contributed by atoms with Gasteiger partial charge in [-0.1, -0.05) is 12.1 Å². The van der Waals surface area contributed by atoms with E-state index in [4.69, 9.17) is 16.3 Å². The van der Waals surface area contributed by atoms with Crippen molar-refractivity contribution in [1.29, 1.82) is 0 Å². The molecule has 0 saturated carbocycles. The van der Waals surface area contributed by atoms with Crippen LogP contribution in [0.2, 0.25) is 5.28 Å². The minimum Gasteiger partial charge on any atom is -0.435 e. The first-order chi connectivity index (χ1) is 7.66. The monoisotopic (exact) mass is 302 g/mol. The average molecular weight is 304 g/mol. The Kier molecular flexibility index (Phi) is 3.36. The predicted octanol–water partition coefficient (Wildman–Crippen LogP) is 3.82. The van der Waals surface area contributed by atoms with E-state index in [-0.39, 0.29) is 16.9 Å². The van der Waals surface area contributed by atoms with Gasteiger partial charge in [0.25, 0.3) is 0 Å². The molecule has 0 spiro atoms. The fourth-order valence-corrected chi connectivity index (χ4v) is 1.43. The number of benzene rings is 1. The summed E-state index contributed by atoms with van der Waals surface area (Å²) in [7, 11) is 0. The van der Waals surface area contributed by atoms with Gasteiger partial charge < -0.3 is 4.74 Å². The number of rotatable bonds is 2. The van der Waals surface area contributed by atoms with Gasteiger partial charge in [0.2, 0.25) is 11.2 Å². The molecule has 1 aromatic heterocycles. The van der Waals surface area contributed by atoms with Crippen molar-refractivity contribution < 1.29 is 9.13 Å². The number of hydrogen-bond acceptors (Lipinski definition) is 3. The fourth-order valence-electron chi connectivity index (χ4n) is 1.03. The Balaban J connectivity index is 2.34. The quantitative estimate of drug-likeness (QED) is 0.791. The molecule has 6 heteroatoms. The van der Waals surface area contributed by atoms with Gasteiger partial charge in [-0.05, 0) is 39.7 Å². The molecule has 0 aliphatic rings. The Morgan fingerprint density at radius 1 is 1.31 bits per heavy atom. The van der Waals surface area contributed by atoms with Crippen LogP contribution in [0.4, 0.5) is 4.39 Å². The predicted molar refractivity (Wildman–Crippen MR) is 61.2 cm³/mol. The third-order valence-corrected chi connectivity index (χ3v) is 2.45. The van der Waals surface area contributed by atoms with Crippen LogP contribution in [-0.2, 0) is 0 Å². The molecule has 0 aliphatic heterocycles. The molecule has 0 radical (unpaired) electrons. The van der Waals surface area contributed by atoms with Crippen LogP contribution in [0.15, 0.2) is 34.9 Å². The van der Waals surface area contributed by atoms with Crippen molar-refractivity contribution in [3.05, 3.63) is 46.0 Å². The first-order valence-corrected chi connectivity index (χ1v) is 5.44. The lowest BCUT2D eigenvalue weighted by atomic mass is 10.3. The van der Waals surface area contributed by atoms with Crippen LogP contribution in [0.3, 0.4) is 0 Å². The largest absolute Gasteiger partial charge is 0.435 e. The zero-order valence-electron chi connectivity index (χ0n) is 7.82. The molecule has 0 saturated heterocycles. The molecule has 0 aliphatic carbocycles. The van der Waals surface area contributed by atoms with E-state index in [1.807, 2.05) is 0 Å². The maximum atomic E-state index is 13.3. The molecule has 1 aromatic carbocycles. The Hall–Kier alpha value is -1.20. The van der Waals surface area contributed by atoms with Crippen molar-refractivity contribution in [3.63, 3.8) is 0 Å². The zero-order chi connectivity index (χ0) is 11.5. The van der Waals surface area contributed by atoms with Gasteiger partial charge in [-0.3, -0.25) is 0 Å². The number of nitrogens with zero attached hydrogens (tertiary/aromatic N) is 2. The van der Waals surface area contributed by atoms with Gasteiger partial charge in [0, 0.05) is 6.20 Å². The highest BCUT2D eigenvalue weighted by Crippen LogP contribution is 2.29. The van der Waals surface area contributed by atoms with Gasteiger partial charge in [-0.2, -0.15) is 4.98 Å². The first kappa shape index (κ1) is 11.3. The van der Waals surface area contributed by atoms with E-state index in [0.717, 1.165) is 0 Å². The van der Waals surface area contributed by atoms with Gasteiger partial charge in [0.1, 0.15) is 0 Å². The highest BCUT2D eigenvalue weighted by molar-refractivity contribution is 9.10. The second-order valence-electron chi connectivity index (χ2n) is 2.82. The Bertz CT molecular complexity index is 524. The summed E-state index contributed by atoms with van der Waals surface area (Å²) in [5.74, 6) is -0.216. The van der Waals surface area contributed by atoms with Crippen molar-refractivity contribution in [3.8, 4) is 11.6 Å². The number of para-hydroxylation sites is 1. The lowest BCUT2D eigenvalue weighted by Crippen LogP contribution is -1.93. The summed E-state index contributed by atoms with van der Waals surface area (Å²) in [5, 5.41) is 0.0366. The summed E-state index contributed by atoms with van der Waals surface area (Å²) in [6, 6.07) is 6.03. The molecule has 16 heavy (non-hydrogen) atoms. The Morgan fingerprint density at radius 3 is 2.81 bits per heavy atom. The molecule has 0 unspecified atom stereocenters. The smallest absolute Gasteiger partial charge is 0.238 e. The minimum absolute atomic E-state index is 0.0366. The number of ether oxygens (including phenoxy) is 1. The molecule has 0 atom stereocenters. The van der Waals surface area contributed by atoms with Gasteiger partial charge in [-0.25, -0.2) is 9.37 Å². The molecule has 0 fully saturated rings.